The second-order valence-electron chi connectivity index (χ2n) is 6.96. The molecule has 0 radical (unpaired) electrons. The number of carboxylic acids is 2. The third kappa shape index (κ3) is 5.68. The van der Waals surface area contributed by atoms with E-state index in [2.05, 4.69) is 4.98 Å². The molecule has 2 aromatic rings. The number of carbonyl (C=O) groups is 3. The summed E-state index contributed by atoms with van der Waals surface area (Å²) in [7, 11) is 0. The lowest BCUT2D eigenvalue weighted by Gasteiger charge is -2.25. The van der Waals surface area contributed by atoms with Crippen LogP contribution < -0.4 is 0 Å². The van der Waals surface area contributed by atoms with Crippen LogP contribution in [-0.2, 0) is 20.8 Å². The zero-order valence-electron chi connectivity index (χ0n) is 16.1. The molecule has 2 N–H and O–H groups in total. The van der Waals surface area contributed by atoms with Gasteiger partial charge in [0, 0.05) is 30.2 Å². The second kappa shape index (κ2) is 9.55. The molecule has 0 aliphatic carbocycles. The summed E-state index contributed by atoms with van der Waals surface area (Å²) in [5.41, 5.74) is 1.02. The number of alkyl halides is 3. The number of amides is 1. The number of benzene rings is 1. The molecule has 10 heteroatoms. The van der Waals surface area contributed by atoms with Crippen molar-refractivity contribution < 1.29 is 37.8 Å². The number of hydrogen-bond donors (Lipinski definition) is 2. The molecule has 1 aromatic heterocycles. The number of pyridine rings is 1. The normalized spacial score (nSPS) is 17.2. The average molecular weight is 426 g/mol. The van der Waals surface area contributed by atoms with Crippen molar-refractivity contribution in [3.05, 3.63) is 42.2 Å². The highest BCUT2D eigenvalue weighted by atomic mass is 19.4. The van der Waals surface area contributed by atoms with E-state index < -0.39 is 24.2 Å². The molecule has 1 fully saturated rings. The van der Waals surface area contributed by atoms with E-state index >= 15 is 0 Å². The third-order valence-electron chi connectivity index (χ3n) is 4.76. The van der Waals surface area contributed by atoms with E-state index in [0.717, 1.165) is 22.8 Å². The molecule has 30 heavy (non-hydrogen) atoms. The molecular weight excluding hydrogens is 405 g/mol. The summed E-state index contributed by atoms with van der Waals surface area (Å²) >= 11 is 0. The van der Waals surface area contributed by atoms with Crippen LogP contribution in [-0.4, -0.2) is 56.7 Å². The van der Waals surface area contributed by atoms with Crippen molar-refractivity contribution in [1.29, 1.82) is 0 Å². The number of nitrogens with zero attached hydrogens (tertiary/aromatic N) is 2. The first-order valence-corrected chi connectivity index (χ1v) is 9.17. The van der Waals surface area contributed by atoms with Gasteiger partial charge in [0.25, 0.3) is 0 Å². The standard InChI is InChI=1S/C18H20N2O3.C2HF3O2/c1-12(17(21)20-8-4-7-16(20)18(22)23)9-14-11-19-10-13-5-2-3-6-15(13)14;3-2(4,5)1(6)7/h2-3,5-6,10-12,16H,4,7-9H2,1H3,(H,22,23);(H,6,7). The average Bonchev–Trinajstić information content (AvgIpc) is 3.17. The molecule has 1 saturated heterocycles. The molecule has 1 aliphatic heterocycles. The van der Waals surface area contributed by atoms with Crippen molar-refractivity contribution in [3.63, 3.8) is 0 Å². The highest BCUT2D eigenvalue weighted by Crippen LogP contribution is 2.24. The van der Waals surface area contributed by atoms with Gasteiger partial charge < -0.3 is 15.1 Å². The Labute approximate surface area is 170 Å². The molecule has 7 nitrogen and oxygen atoms in total. The van der Waals surface area contributed by atoms with Crippen LogP contribution in [0.4, 0.5) is 13.2 Å². The molecule has 3 rings (SSSR count). The van der Waals surface area contributed by atoms with E-state index in [1.165, 1.54) is 4.90 Å². The highest BCUT2D eigenvalue weighted by Gasteiger charge is 2.38. The summed E-state index contributed by atoms with van der Waals surface area (Å²) in [5.74, 6) is -4.01. The number of rotatable bonds is 4. The molecule has 1 aliphatic rings. The van der Waals surface area contributed by atoms with Gasteiger partial charge in [0.15, 0.2) is 0 Å². The molecule has 1 amide bonds. The van der Waals surface area contributed by atoms with Gasteiger partial charge in [-0.25, -0.2) is 9.59 Å². The largest absolute Gasteiger partial charge is 0.490 e. The summed E-state index contributed by atoms with van der Waals surface area (Å²) in [6.07, 6.45) is 0.391. The minimum Gasteiger partial charge on any atom is -0.480 e. The van der Waals surface area contributed by atoms with Crippen LogP contribution in [0.3, 0.4) is 0 Å². The van der Waals surface area contributed by atoms with E-state index in [1.807, 2.05) is 37.4 Å². The first kappa shape index (κ1) is 23.1. The number of fused-ring (bicyclic) bond motifs is 1. The van der Waals surface area contributed by atoms with E-state index in [0.29, 0.717) is 19.4 Å². The zero-order valence-corrected chi connectivity index (χ0v) is 16.1. The Bertz CT molecular complexity index is 927. The molecule has 2 heterocycles. The van der Waals surface area contributed by atoms with Crippen LogP contribution in [0.15, 0.2) is 36.7 Å². The molecular formula is C20H21F3N2O5. The first-order chi connectivity index (χ1) is 14.0. The lowest BCUT2D eigenvalue weighted by molar-refractivity contribution is -0.192. The maximum atomic E-state index is 12.6. The van der Waals surface area contributed by atoms with Gasteiger partial charge in [0.05, 0.1) is 0 Å². The number of likely N-dealkylation sites (tertiary alicyclic amines) is 1. The van der Waals surface area contributed by atoms with Gasteiger partial charge in [0.2, 0.25) is 5.91 Å². The topological polar surface area (TPSA) is 108 Å². The number of carbonyl (C=O) groups excluding carboxylic acids is 1. The monoisotopic (exact) mass is 426 g/mol. The first-order valence-electron chi connectivity index (χ1n) is 9.17. The highest BCUT2D eigenvalue weighted by molar-refractivity contribution is 5.87. The Hall–Kier alpha value is -3.17. The Morgan fingerprint density at radius 2 is 1.83 bits per heavy atom. The molecule has 0 saturated carbocycles. The molecule has 0 bridgehead atoms. The Balaban J connectivity index is 0.000000396. The molecule has 162 valence electrons. The molecule has 2 unspecified atom stereocenters. The maximum Gasteiger partial charge on any atom is 0.490 e. The lowest BCUT2D eigenvalue weighted by Crippen LogP contribution is -2.43. The van der Waals surface area contributed by atoms with Gasteiger partial charge in [-0.05, 0) is 30.2 Å². The zero-order chi connectivity index (χ0) is 22.5. The van der Waals surface area contributed by atoms with Crippen molar-refractivity contribution in [2.75, 3.05) is 6.54 Å². The van der Waals surface area contributed by atoms with Gasteiger partial charge in [-0.3, -0.25) is 9.78 Å². The van der Waals surface area contributed by atoms with Crippen LogP contribution >= 0.6 is 0 Å². The van der Waals surface area contributed by atoms with Gasteiger partial charge in [-0.2, -0.15) is 13.2 Å². The van der Waals surface area contributed by atoms with E-state index in [9.17, 15) is 27.9 Å². The predicted molar refractivity (Wildman–Crippen MR) is 101 cm³/mol. The maximum absolute atomic E-state index is 12.6. The van der Waals surface area contributed by atoms with Crippen LogP contribution in [0.5, 0.6) is 0 Å². The third-order valence-corrected chi connectivity index (χ3v) is 4.76. The smallest absolute Gasteiger partial charge is 0.480 e. The fraction of sp³-hybridized carbons (Fsp3) is 0.400. The van der Waals surface area contributed by atoms with Gasteiger partial charge >= 0.3 is 18.1 Å². The number of hydrogen-bond acceptors (Lipinski definition) is 4. The van der Waals surface area contributed by atoms with Crippen molar-refractivity contribution in [1.82, 2.24) is 9.88 Å². The number of carboxylic acid groups (broad SMARTS) is 2. The quantitative estimate of drug-likeness (QED) is 0.778. The molecule has 0 spiro atoms. The summed E-state index contributed by atoms with van der Waals surface area (Å²) in [5, 5.41) is 18.5. The number of aliphatic carboxylic acids is 2. The van der Waals surface area contributed by atoms with E-state index in [1.54, 1.807) is 6.20 Å². The predicted octanol–water partition coefficient (Wildman–Crippen LogP) is 3.12. The fourth-order valence-electron chi connectivity index (χ4n) is 3.33. The van der Waals surface area contributed by atoms with Crippen molar-refractivity contribution in [2.24, 2.45) is 5.92 Å². The van der Waals surface area contributed by atoms with Gasteiger partial charge in [-0.15, -0.1) is 0 Å². The van der Waals surface area contributed by atoms with Crippen molar-refractivity contribution in [3.8, 4) is 0 Å². The summed E-state index contributed by atoms with van der Waals surface area (Å²) < 4.78 is 31.7. The Morgan fingerprint density at radius 1 is 1.20 bits per heavy atom. The van der Waals surface area contributed by atoms with E-state index in [-0.39, 0.29) is 11.8 Å². The molecule has 2 atom stereocenters. The second-order valence-corrected chi connectivity index (χ2v) is 6.96. The van der Waals surface area contributed by atoms with Crippen LogP contribution in [0.25, 0.3) is 10.8 Å². The number of aromatic nitrogens is 1. The van der Waals surface area contributed by atoms with Crippen LogP contribution in [0.1, 0.15) is 25.3 Å². The fourth-order valence-corrected chi connectivity index (χ4v) is 3.33. The number of halogens is 3. The Kier molecular flexibility index (Phi) is 7.36. The van der Waals surface area contributed by atoms with Crippen molar-refractivity contribution in [2.45, 2.75) is 38.4 Å². The lowest BCUT2D eigenvalue weighted by atomic mass is 9.97. The minimum atomic E-state index is -5.08. The van der Waals surface area contributed by atoms with Crippen LogP contribution in [0.2, 0.25) is 0 Å². The minimum absolute atomic E-state index is 0.0807. The van der Waals surface area contributed by atoms with E-state index in [4.69, 9.17) is 9.90 Å². The summed E-state index contributed by atoms with van der Waals surface area (Å²) in [6, 6.07) is 7.29. The Morgan fingerprint density at radius 3 is 2.43 bits per heavy atom. The SMILES string of the molecule is CC(Cc1cncc2ccccc12)C(=O)N1CCCC1C(=O)O.O=C(O)C(F)(F)F. The molecule has 1 aromatic carbocycles. The van der Waals surface area contributed by atoms with Crippen molar-refractivity contribution >= 4 is 28.6 Å². The van der Waals surface area contributed by atoms with Gasteiger partial charge in [0.1, 0.15) is 6.04 Å². The van der Waals surface area contributed by atoms with Crippen LogP contribution in [0, 0.1) is 5.92 Å². The summed E-state index contributed by atoms with van der Waals surface area (Å²) in [4.78, 5) is 38.6. The van der Waals surface area contributed by atoms with Gasteiger partial charge in [-0.1, -0.05) is 31.2 Å². The summed E-state index contributed by atoms with van der Waals surface area (Å²) in [6.45, 7) is 2.40.